The van der Waals surface area contributed by atoms with Crippen molar-refractivity contribution in [3.63, 3.8) is 0 Å². The van der Waals surface area contributed by atoms with Crippen molar-refractivity contribution >= 4 is 35.1 Å². The van der Waals surface area contributed by atoms with Crippen LogP contribution in [0.3, 0.4) is 0 Å². The number of thiocarbonyl (C=S) groups is 1. The Morgan fingerprint density at radius 2 is 2.16 bits per heavy atom. The predicted molar refractivity (Wildman–Crippen MR) is 102 cm³/mol. The van der Waals surface area contributed by atoms with Gasteiger partial charge in [0.1, 0.15) is 29.3 Å². The zero-order valence-electron chi connectivity index (χ0n) is 14.4. The van der Waals surface area contributed by atoms with Gasteiger partial charge in [0.15, 0.2) is 0 Å². The van der Waals surface area contributed by atoms with Gasteiger partial charge in [-0.2, -0.15) is 0 Å². The fraction of sp³-hybridized carbons (Fsp3) is 0.412. The molecule has 1 saturated carbocycles. The monoisotopic (exact) mass is 358 g/mol. The number of carbonyl (C=O) groups is 1. The Morgan fingerprint density at radius 3 is 2.80 bits per heavy atom. The molecule has 2 fully saturated rings. The van der Waals surface area contributed by atoms with Crippen molar-refractivity contribution in [1.82, 2.24) is 20.2 Å². The van der Waals surface area contributed by atoms with Crippen molar-refractivity contribution in [3.8, 4) is 0 Å². The SMILES string of the molecule is CC(/C=C(\C=S)Nc1cc(N)ncn1)=C1\C(=O)NC2(CCCC2)N1C. The Labute approximate surface area is 152 Å². The zero-order chi connectivity index (χ0) is 18.0. The second kappa shape index (κ2) is 6.79. The average molecular weight is 358 g/mol. The minimum absolute atomic E-state index is 0.0341. The molecule has 7 nitrogen and oxygen atoms in total. The highest BCUT2D eigenvalue weighted by Gasteiger charge is 2.47. The molecule has 1 amide bonds. The van der Waals surface area contributed by atoms with Gasteiger partial charge in [0, 0.05) is 18.5 Å². The van der Waals surface area contributed by atoms with Crippen LogP contribution in [0.1, 0.15) is 32.6 Å². The Hall–Kier alpha value is -2.48. The van der Waals surface area contributed by atoms with Gasteiger partial charge < -0.3 is 21.3 Å². The molecule has 1 aliphatic heterocycles. The lowest BCUT2D eigenvalue weighted by atomic mass is 10.1. The number of nitrogen functional groups attached to an aromatic ring is 1. The molecule has 1 spiro atoms. The topological polar surface area (TPSA) is 96.2 Å². The van der Waals surface area contributed by atoms with Gasteiger partial charge in [-0.1, -0.05) is 12.2 Å². The van der Waals surface area contributed by atoms with Crippen molar-refractivity contribution in [2.24, 2.45) is 0 Å². The van der Waals surface area contributed by atoms with Crippen molar-refractivity contribution in [2.45, 2.75) is 38.3 Å². The van der Waals surface area contributed by atoms with Gasteiger partial charge in [-0.05, 0) is 44.3 Å². The summed E-state index contributed by atoms with van der Waals surface area (Å²) in [6, 6.07) is 1.62. The molecule has 8 heteroatoms. The number of amides is 1. The number of aromatic nitrogens is 2. The largest absolute Gasteiger partial charge is 0.384 e. The summed E-state index contributed by atoms with van der Waals surface area (Å²) >= 11 is 5.09. The van der Waals surface area contributed by atoms with E-state index in [4.69, 9.17) is 18.0 Å². The van der Waals surface area contributed by atoms with Crippen LogP contribution in [-0.2, 0) is 4.79 Å². The molecule has 2 heterocycles. The summed E-state index contributed by atoms with van der Waals surface area (Å²) in [6.07, 6.45) is 7.46. The highest BCUT2D eigenvalue weighted by Crippen LogP contribution is 2.39. The van der Waals surface area contributed by atoms with Gasteiger partial charge in [0.2, 0.25) is 0 Å². The number of likely N-dealkylation sites (N-methyl/N-ethyl adjacent to an activating group) is 1. The number of carbonyl (C=O) groups excluding carboxylic acids is 1. The van der Waals surface area contributed by atoms with E-state index in [1.807, 2.05) is 20.0 Å². The van der Waals surface area contributed by atoms with Crippen LogP contribution in [0.2, 0.25) is 0 Å². The van der Waals surface area contributed by atoms with E-state index in [0.29, 0.717) is 23.0 Å². The number of anilines is 2. The fourth-order valence-electron chi connectivity index (χ4n) is 3.57. The minimum Gasteiger partial charge on any atom is -0.384 e. The highest BCUT2D eigenvalue weighted by atomic mass is 32.1. The third-order valence-electron chi connectivity index (χ3n) is 4.80. The molecule has 0 bridgehead atoms. The maximum Gasteiger partial charge on any atom is 0.269 e. The first-order valence-corrected chi connectivity index (χ1v) is 8.71. The van der Waals surface area contributed by atoms with E-state index in [1.54, 1.807) is 6.07 Å². The van der Waals surface area contributed by atoms with E-state index in [2.05, 4.69) is 25.5 Å². The van der Waals surface area contributed by atoms with Gasteiger partial charge in [0.05, 0.1) is 5.70 Å². The van der Waals surface area contributed by atoms with Crippen LogP contribution in [0.15, 0.2) is 35.4 Å². The molecule has 132 valence electrons. The Bertz CT molecular complexity index is 766. The first-order valence-electron chi connectivity index (χ1n) is 8.24. The summed E-state index contributed by atoms with van der Waals surface area (Å²) in [5.41, 5.74) is 7.62. The lowest BCUT2D eigenvalue weighted by Crippen LogP contribution is -2.47. The summed E-state index contributed by atoms with van der Waals surface area (Å²) in [7, 11) is 1.98. The minimum atomic E-state index is -0.228. The molecule has 3 rings (SSSR count). The number of hydrogen-bond donors (Lipinski definition) is 3. The van der Waals surface area contributed by atoms with E-state index in [0.717, 1.165) is 31.3 Å². The molecule has 0 aromatic carbocycles. The molecule has 1 saturated heterocycles. The standard InChI is InChI=1S/C17H22N6OS/c1-11(7-12(9-25)21-14-8-13(18)19-10-20-14)15-16(24)22-17(23(15)2)5-3-4-6-17/h7-10H,3-6H2,1-2H3,(H,22,24)(H3,18,19,20,21)/b12-7+,15-11-. The summed E-state index contributed by atoms with van der Waals surface area (Å²) in [5, 5.41) is 7.78. The predicted octanol–water partition coefficient (Wildman–Crippen LogP) is 1.96. The van der Waals surface area contributed by atoms with Crippen LogP contribution in [0, 0.1) is 0 Å². The van der Waals surface area contributed by atoms with Gasteiger partial charge in [0.25, 0.3) is 5.91 Å². The van der Waals surface area contributed by atoms with Crippen molar-refractivity contribution < 1.29 is 4.79 Å². The number of nitrogens with two attached hydrogens (primary N) is 1. The van der Waals surface area contributed by atoms with Gasteiger partial charge in [-0.15, -0.1) is 0 Å². The summed E-state index contributed by atoms with van der Waals surface area (Å²) in [4.78, 5) is 22.6. The Morgan fingerprint density at radius 1 is 1.44 bits per heavy atom. The maximum atomic E-state index is 12.5. The van der Waals surface area contributed by atoms with Crippen molar-refractivity contribution in [1.29, 1.82) is 0 Å². The molecule has 0 atom stereocenters. The number of nitrogens with zero attached hydrogens (tertiary/aromatic N) is 3. The van der Waals surface area contributed by atoms with Crippen molar-refractivity contribution in [3.05, 3.63) is 35.4 Å². The van der Waals surface area contributed by atoms with Gasteiger partial charge in [-0.3, -0.25) is 4.79 Å². The van der Waals surface area contributed by atoms with E-state index in [-0.39, 0.29) is 11.6 Å². The molecule has 4 N–H and O–H groups in total. The number of rotatable bonds is 4. The van der Waals surface area contributed by atoms with Gasteiger partial charge in [-0.25, -0.2) is 9.97 Å². The Balaban J connectivity index is 1.88. The van der Waals surface area contributed by atoms with E-state index in [1.165, 1.54) is 11.7 Å². The number of nitrogens with one attached hydrogen (secondary N) is 2. The van der Waals surface area contributed by atoms with E-state index >= 15 is 0 Å². The molecule has 1 aromatic heterocycles. The molecule has 1 aliphatic carbocycles. The third-order valence-corrected chi connectivity index (χ3v) is 5.06. The Kier molecular flexibility index (Phi) is 4.71. The quantitative estimate of drug-likeness (QED) is 0.559. The highest BCUT2D eigenvalue weighted by molar-refractivity contribution is 7.79. The maximum absolute atomic E-state index is 12.5. The van der Waals surface area contributed by atoms with Crippen LogP contribution in [0.5, 0.6) is 0 Å². The average Bonchev–Trinajstić information content (AvgIpc) is 3.12. The number of hydrogen-bond acceptors (Lipinski definition) is 7. The second-order valence-corrected chi connectivity index (χ2v) is 6.69. The fourth-order valence-corrected chi connectivity index (χ4v) is 3.70. The normalized spacial score (nSPS) is 21.4. The zero-order valence-corrected chi connectivity index (χ0v) is 15.2. The molecule has 0 unspecified atom stereocenters. The van der Waals surface area contributed by atoms with Crippen LogP contribution in [0.25, 0.3) is 0 Å². The summed E-state index contributed by atoms with van der Waals surface area (Å²) in [5.74, 6) is 0.886. The number of allylic oxidation sites excluding steroid dienone is 3. The van der Waals surface area contributed by atoms with Crippen LogP contribution >= 0.6 is 12.2 Å². The first-order chi connectivity index (χ1) is 11.9. The first kappa shape index (κ1) is 17.3. The molecule has 0 radical (unpaired) electrons. The molecular formula is C17H22N6OS. The molecule has 1 aromatic rings. The lowest BCUT2D eigenvalue weighted by Gasteiger charge is -2.32. The van der Waals surface area contributed by atoms with E-state index < -0.39 is 0 Å². The smallest absolute Gasteiger partial charge is 0.269 e. The lowest BCUT2D eigenvalue weighted by molar-refractivity contribution is -0.117. The molecular weight excluding hydrogens is 336 g/mol. The van der Waals surface area contributed by atoms with Crippen LogP contribution in [-0.4, -0.2) is 38.9 Å². The van der Waals surface area contributed by atoms with E-state index in [9.17, 15) is 4.79 Å². The van der Waals surface area contributed by atoms with Gasteiger partial charge >= 0.3 is 0 Å². The molecule has 25 heavy (non-hydrogen) atoms. The summed E-state index contributed by atoms with van der Waals surface area (Å²) < 4.78 is 0. The third kappa shape index (κ3) is 3.34. The van der Waals surface area contributed by atoms with Crippen molar-refractivity contribution in [2.75, 3.05) is 18.1 Å². The molecule has 2 aliphatic rings. The second-order valence-electron chi connectivity index (χ2n) is 6.45. The van der Waals surface area contributed by atoms with Crippen LogP contribution < -0.4 is 16.4 Å². The summed E-state index contributed by atoms with van der Waals surface area (Å²) in [6.45, 7) is 1.91. The van der Waals surface area contributed by atoms with Crippen LogP contribution in [0.4, 0.5) is 11.6 Å².